The van der Waals surface area contributed by atoms with Crippen molar-refractivity contribution < 1.29 is 14.3 Å². The van der Waals surface area contributed by atoms with Crippen molar-refractivity contribution in [2.24, 2.45) is 16.9 Å². The van der Waals surface area contributed by atoms with Gasteiger partial charge in [-0.25, -0.2) is 0 Å². The third-order valence-electron chi connectivity index (χ3n) is 2.72. The van der Waals surface area contributed by atoms with E-state index >= 15 is 0 Å². The van der Waals surface area contributed by atoms with Crippen LogP contribution in [-0.4, -0.2) is 24.5 Å². The van der Waals surface area contributed by atoms with Crippen LogP contribution < -0.4 is 21.5 Å². The second-order valence-corrected chi connectivity index (χ2v) is 5.61. The van der Waals surface area contributed by atoms with Gasteiger partial charge in [-0.05, 0) is 29.7 Å². The van der Waals surface area contributed by atoms with E-state index in [4.69, 9.17) is 16.2 Å². The summed E-state index contributed by atoms with van der Waals surface area (Å²) in [6.07, 6.45) is 0. The first-order valence-electron chi connectivity index (χ1n) is 6.28. The van der Waals surface area contributed by atoms with Crippen molar-refractivity contribution in [3.63, 3.8) is 0 Å². The van der Waals surface area contributed by atoms with Crippen LogP contribution in [0.2, 0.25) is 0 Å². The molecule has 1 aromatic rings. The highest BCUT2D eigenvalue weighted by atomic mass is 16.5. The fourth-order valence-corrected chi connectivity index (χ4v) is 1.40. The lowest BCUT2D eigenvalue weighted by Gasteiger charge is -2.25. The number of carbonyl (C=O) groups is 2. The molecule has 6 heteroatoms. The zero-order chi connectivity index (χ0) is 15.3. The van der Waals surface area contributed by atoms with Gasteiger partial charge >= 0.3 is 0 Å². The second-order valence-electron chi connectivity index (χ2n) is 5.61. The van der Waals surface area contributed by atoms with Crippen molar-refractivity contribution in [2.45, 2.75) is 26.8 Å². The van der Waals surface area contributed by atoms with Gasteiger partial charge in [0.25, 0.3) is 5.91 Å². The molecule has 0 aromatic heterocycles. The first kappa shape index (κ1) is 16.0. The van der Waals surface area contributed by atoms with E-state index in [0.29, 0.717) is 11.4 Å². The summed E-state index contributed by atoms with van der Waals surface area (Å²) in [5.41, 5.74) is 11.1. The third kappa shape index (κ3) is 4.89. The average Bonchev–Trinajstić information content (AvgIpc) is 2.35. The minimum absolute atomic E-state index is 0.180. The predicted octanol–water partition coefficient (Wildman–Crippen LogP) is 0.863. The number of nitrogens with one attached hydrogen (secondary N) is 1. The van der Waals surface area contributed by atoms with Gasteiger partial charge in [0.15, 0.2) is 6.61 Å². The monoisotopic (exact) mass is 279 g/mol. The average molecular weight is 279 g/mol. The summed E-state index contributed by atoms with van der Waals surface area (Å²) in [6, 6.07) is 6.02. The van der Waals surface area contributed by atoms with Crippen molar-refractivity contribution >= 4 is 17.5 Å². The lowest BCUT2D eigenvalue weighted by Crippen LogP contribution is -2.45. The number of benzene rings is 1. The molecule has 0 bridgehead atoms. The molecule has 110 valence electrons. The largest absolute Gasteiger partial charge is 0.484 e. The summed E-state index contributed by atoms with van der Waals surface area (Å²) < 4.78 is 5.12. The molecule has 2 amide bonds. The Bertz CT molecular complexity index is 477. The molecule has 1 aromatic carbocycles. The van der Waals surface area contributed by atoms with Gasteiger partial charge in [-0.3, -0.25) is 9.59 Å². The number of anilines is 1. The number of nitrogens with two attached hydrogens (primary N) is 2. The second kappa shape index (κ2) is 6.38. The summed E-state index contributed by atoms with van der Waals surface area (Å²) in [5, 5.41) is 2.73. The molecule has 0 saturated heterocycles. The molecule has 6 nitrogen and oxygen atoms in total. The molecule has 0 radical (unpaired) electrons. The fraction of sp³-hybridized carbons (Fsp3) is 0.429. The van der Waals surface area contributed by atoms with Crippen molar-refractivity contribution in [2.75, 3.05) is 11.9 Å². The van der Waals surface area contributed by atoms with Crippen LogP contribution in [0.15, 0.2) is 24.3 Å². The lowest BCUT2D eigenvalue weighted by molar-refractivity contribution is -0.120. The normalized spacial score (nSPS) is 12.6. The third-order valence-corrected chi connectivity index (χ3v) is 2.72. The number of hydrogen-bond donors (Lipinski definition) is 3. The number of ether oxygens (including phenoxy) is 1. The molecular weight excluding hydrogens is 258 g/mol. The van der Waals surface area contributed by atoms with Gasteiger partial charge in [-0.1, -0.05) is 20.8 Å². The summed E-state index contributed by atoms with van der Waals surface area (Å²) in [5.74, 6) is -0.288. The van der Waals surface area contributed by atoms with E-state index in [1.54, 1.807) is 24.3 Å². The van der Waals surface area contributed by atoms with E-state index in [9.17, 15) is 9.59 Å². The molecule has 0 spiro atoms. The molecule has 0 aliphatic heterocycles. The van der Waals surface area contributed by atoms with Crippen molar-refractivity contribution in [3.05, 3.63) is 24.3 Å². The smallest absolute Gasteiger partial charge is 0.255 e. The molecule has 0 aliphatic rings. The number of rotatable bonds is 5. The summed E-state index contributed by atoms with van der Waals surface area (Å²) in [4.78, 5) is 22.5. The zero-order valence-electron chi connectivity index (χ0n) is 12.0. The SMILES string of the molecule is CC(C)(C)C(N)C(=O)Nc1ccc(OCC(N)=O)cc1. The van der Waals surface area contributed by atoms with Crippen LogP contribution in [0.5, 0.6) is 5.75 Å². The maximum Gasteiger partial charge on any atom is 0.255 e. The van der Waals surface area contributed by atoms with E-state index in [1.165, 1.54) is 0 Å². The van der Waals surface area contributed by atoms with Crippen molar-refractivity contribution in [3.8, 4) is 5.75 Å². The predicted molar refractivity (Wildman–Crippen MR) is 77.2 cm³/mol. The molecule has 1 rings (SSSR count). The van der Waals surface area contributed by atoms with Gasteiger partial charge in [0.05, 0.1) is 6.04 Å². The van der Waals surface area contributed by atoms with E-state index in [1.807, 2.05) is 20.8 Å². The van der Waals surface area contributed by atoms with Crippen molar-refractivity contribution in [1.82, 2.24) is 0 Å². The van der Waals surface area contributed by atoms with Crippen LogP contribution in [0.25, 0.3) is 0 Å². The Morgan fingerprint density at radius 2 is 1.80 bits per heavy atom. The van der Waals surface area contributed by atoms with E-state index in [-0.39, 0.29) is 17.9 Å². The van der Waals surface area contributed by atoms with Crippen molar-refractivity contribution in [1.29, 1.82) is 0 Å². The highest BCUT2D eigenvalue weighted by Crippen LogP contribution is 2.20. The molecule has 0 heterocycles. The van der Waals surface area contributed by atoms with Gasteiger partial charge in [-0.2, -0.15) is 0 Å². The molecule has 0 fully saturated rings. The van der Waals surface area contributed by atoms with Crippen LogP contribution in [0, 0.1) is 5.41 Å². The Kier molecular flexibility index (Phi) is 5.10. The molecule has 5 N–H and O–H groups in total. The fourth-order valence-electron chi connectivity index (χ4n) is 1.40. The Morgan fingerprint density at radius 1 is 1.25 bits per heavy atom. The van der Waals surface area contributed by atoms with Crippen LogP contribution in [-0.2, 0) is 9.59 Å². The summed E-state index contributed by atoms with van der Waals surface area (Å²) in [7, 11) is 0. The number of primary amides is 1. The summed E-state index contributed by atoms with van der Waals surface area (Å²) in [6.45, 7) is 5.52. The van der Waals surface area contributed by atoms with E-state index in [2.05, 4.69) is 5.32 Å². The summed E-state index contributed by atoms with van der Waals surface area (Å²) >= 11 is 0. The molecule has 20 heavy (non-hydrogen) atoms. The van der Waals surface area contributed by atoms with Gasteiger partial charge in [0.2, 0.25) is 5.91 Å². The molecular formula is C14H21N3O3. The van der Waals surface area contributed by atoms with Gasteiger partial charge < -0.3 is 21.5 Å². The lowest BCUT2D eigenvalue weighted by atomic mass is 9.87. The van der Waals surface area contributed by atoms with Crippen LogP contribution in [0.1, 0.15) is 20.8 Å². The Balaban J connectivity index is 2.61. The zero-order valence-corrected chi connectivity index (χ0v) is 12.0. The van der Waals surface area contributed by atoms with Gasteiger partial charge in [0.1, 0.15) is 5.75 Å². The Morgan fingerprint density at radius 3 is 2.25 bits per heavy atom. The molecule has 0 aliphatic carbocycles. The molecule has 0 saturated carbocycles. The van der Waals surface area contributed by atoms with Crippen LogP contribution in [0.4, 0.5) is 5.69 Å². The van der Waals surface area contributed by atoms with E-state index in [0.717, 1.165) is 0 Å². The van der Waals surface area contributed by atoms with Crippen LogP contribution in [0.3, 0.4) is 0 Å². The highest BCUT2D eigenvalue weighted by Gasteiger charge is 2.27. The standard InChI is InChI=1S/C14H21N3O3/c1-14(2,3)12(16)13(19)17-9-4-6-10(7-5-9)20-8-11(15)18/h4-7,12H,8,16H2,1-3H3,(H2,15,18)(H,17,19). The minimum atomic E-state index is -0.603. The van der Waals surface area contributed by atoms with Gasteiger partial charge in [0, 0.05) is 5.69 Å². The molecule has 1 atom stereocenters. The van der Waals surface area contributed by atoms with Crippen LogP contribution >= 0.6 is 0 Å². The Labute approximate surface area is 118 Å². The number of amides is 2. The maximum absolute atomic E-state index is 11.9. The van der Waals surface area contributed by atoms with Gasteiger partial charge in [-0.15, -0.1) is 0 Å². The minimum Gasteiger partial charge on any atom is -0.484 e. The maximum atomic E-state index is 11.9. The first-order valence-corrected chi connectivity index (χ1v) is 6.28. The first-order chi connectivity index (χ1) is 9.20. The van der Waals surface area contributed by atoms with E-state index < -0.39 is 11.9 Å². The topological polar surface area (TPSA) is 107 Å². The number of hydrogen-bond acceptors (Lipinski definition) is 4. The quantitative estimate of drug-likeness (QED) is 0.743. The highest BCUT2D eigenvalue weighted by molar-refractivity contribution is 5.95. The molecule has 1 unspecified atom stereocenters. The number of carbonyl (C=O) groups excluding carboxylic acids is 2. The Hall–Kier alpha value is -2.08.